The van der Waals surface area contributed by atoms with Crippen LogP contribution < -0.4 is 10.6 Å². The van der Waals surface area contributed by atoms with Gasteiger partial charge in [0.25, 0.3) is 5.91 Å². The van der Waals surface area contributed by atoms with Crippen LogP contribution in [-0.4, -0.2) is 24.4 Å². The Morgan fingerprint density at radius 2 is 1.96 bits per heavy atom. The van der Waals surface area contributed by atoms with Crippen LogP contribution >= 0.6 is 11.3 Å². The fourth-order valence-corrected chi connectivity index (χ4v) is 4.56. The van der Waals surface area contributed by atoms with Crippen molar-refractivity contribution in [2.45, 2.75) is 46.1 Å². The Balaban J connectivity index is 1.63. The number of hydrogen-bond acceptors (Lipinski definition) is 5. The molecular formula is C21H24N2O4S. The quantitative estimate of drug-likeness (QED) is 0.750. The number of carbonyl (C=O) groups excluding carboxylic acids is 3. The molecule has 0 aliphatic heterocycles. The van der Waals surface area contributed by atoms with Crippen LogP contribution in [0.3, 0.4) is 0 Å². The number of hydrogen-bond donors (Lipinski definition) is 2. The molecule has 0 bridgehead atoms. The molecule has 0 spiro atoms. The standard InChI is InChI=1S/C21H24N2O4S/c1-12-13(2)28-20(22-14(3)24)19(12)21(26)27-11-18(25)23-17-10-6-8-15-7-4-5-9-16(15)17/h4-5,7,9,17H,6,8,10-11H2,1-3H3,(H,22,24)(H,23,25)/t17-/m0/s1. The number of anilines is 1. The summed E-state index contributed by atoms with van der Waals surface area (Å²) in [6.45, 7) is 4.70. The van der Waals surface area contributed by atoms with E-state index >= 15 is 0 Å². The van der Waals surface area contributed by atoms with E-state index in [1.165, 1.54) is 23.8 Å². The molecule has 2 amide bonds. The number of amides is 2. The van der Waals surface area contributed by atoms with E-state index in [1.807, 2.05) is 25.1 Å². The Hall–Kier alpha value is -2.67. The molecule has 6 nitrogen and oxygen atoms in total. The summed E-state index contributed by atoms with van der Waals surface area (Å²) in [6, 6.07) is 8.02. The lowest BCUT2D eigenvalue weighted by Crippen LogP contribution is -2.34. The fourth-order valence-electron chi connectivity index (χ4n) is 3.46. The predicted molar refractivity (Wildman–Crippen MR) is 109 cm³/mol. The number of carbonyl (C=O) groups is 3. The number of nitrogens with one attached hydrogen (secondary N) is 2. The number of benzene rings is 1. The van der Waals surface area contributed by atoms with Crippen LogP contribution in [0.1, 0.15) is 57.7 Å². The van der Waals surface area contributed by atoms with E-state index in [0.717, 1.165) is 35.3 Å². The minimum atomic E-state index is -0.607. The van der Waals surface area contributed by atoms with Crippen LogP contribution in [0.4, 0.5) is 5.00 Å². The number of thiophene rings is 1. The van der Waals surface area contributed by atoms with Gasteiger partial charge in [-0.25, -0.2) is 4.79 Å². The molecule has 1 aliphatic carbocycles. The van der Waals surface area contributed by atoms with Gasteiger partial charge in [0.05, 0.1) is 11.6 Å². The van der Waals surface area contributed by atoms with Crippen molar-refractivity contribution in [2.75, 3.05) is 11.9 Å². The molecule has 2 aromatic rings. The van der Waals surface area contributed by atoms with Crippen molar-refractivity contribution in [2.24, 2.45) is 0 Å². The summed E-state index contributed by atoms with van der Waals surface area (Å²) in [7, 11) is 0. The summed E-state index contributed by atoms with van der Waals surface area (Å²) < 4.78 is 5.24. The molecular weight excluding hydrogens is 376 g/mol. The van der Waals surface area contributed by atoms with E-state index in [1.54, 1.807) is 6.92 Å². The van der Waals surface area contributed by atoms with E-state index in [-0.39, 0.29) is 24.5 Å². The van der Waals surface area contributed by atoms with Crippen LogP contribution in [0.25, 0.3) is 0 Å². The van der Waals surface area contributed by atoms with Gasteiger partial charge in [0.2, 0.25) is 5.91 Å². The normalized spacial score (nSPS) is 15.5. The van der Waals surface area contributed by atoms with Gasteiger partial charge in [-0.3, -0.25) is 9.59 Å². The Labute approximate surface area is 168 Å². The van der Waals surface area contributed by atoms with Gasteiger partial charge in [-0.05, 0) is 49.8 Å². The molecule has 7 heteroatoms. The SMILES string of the molecule is CC(=O)Nc1sc(C)c(C)c1C(=O)OCC(=O)N[C@H]1CCCc2ccccc21. The van der Waals surface area contributed by atoms with Crippen LogP contribution in [0.2, 0.25) is 0 Å². The Morgan fingerprint density at radius 1 is 1.21 bits per heavy atom. The molecule has 0 saturated carbocycles. The molecule has 0 fully saturated rings. The Bertz CT molecular complexity index is 919. The van der Waals surface area contributed by atoms with Gasteiger partial charge in [0.15, 0.2) is 6.61 Å². The van der Waals surface area contributed by atoms with Gasteiger partial charge in [-0.2, -0.15) is 0 Å². The lowest BCUT2D eigenvalue weighted by atomic mass is 9.88. The Morgan fingerprint density at radius 3 is 2.71 bits per heavy atom. The van der Waals surface area contributed by atoms with Crippen LogP contribution in [0.5, 0.6) is 0 Å². The van der Waals surface area contributed by atoms with Crippen molar-refractivity contribution in [3.63, 3.8) is 0 Å². The third-order valence-electron chi connectivity index (χ3n) is 4.92. The van der Waals surface area contributed by atoms with E-state index in [9.17, 15) is 14.4 Å². The number of ether oxygens (including phenoxy) is 1. The van der Waals surface area contributed by atoms with E-state index in [2.05, 4.69) is 16.7 Å². The maximum atomic E-state index is 12.5. The van der Waals surface area contributed by atoms with Gasteiger partial charge in [0, 0.05) is 11.8 Å². The maximum absolute atomic E-state index is 12.5. The number of aryl methyl sites for hydroxylation is 2. The first-order valence-electron chi connectivity index (χ1n) is 9.28. The van der Waals surface area contributed by atoms with Crippen molar-refractivity contribution >= 4 is 34.1 Å². The molecule has 0 radical (unpaired) electrons. The largest absolute Gasteiger partial charge is 0.452 e. The summed E-state index contributed by atoms with van der Waals surface area (Å²) in [4.78, 5) is 37.2. The van der Waals surface area contributed by atoms with Crippen molar-refractivity contribution in [3.8, 4) is 0 Å². The van der Waals surface area contributed by atoms with Crippen molar-refractivity contribution < 1.29 is 19.1 Å². The second-order valence-corrected chi connectivity index (χ2v) is 8.18. The second kappa shape index (κ2) is 8.56. The molecule has 3 rings (SSSR count). The van der Waals surface area contributed by atoms with Gasteiger partial charge in [-0.1, -0.05) is 24.3 Å². The third kappa shape index (κ3) is 4.42. The maximum Gasteiger partial charge on any atom is 0.341 e. The lowest BCUT2D eigenvalue weighted by Gasteiger charge is -2.26. The molecule has 148 valence electrons. The summed E-state index contributed by atoms with van der Waals surface area (Å²) in [5, 5.41) is 6.08. The molecule has 1 heterocycles. The first kappa shape index (κ1) is 20.1. The lowest BCUT2D eigenvalue weighted by molar-refractivity contribution is -0.125. The fraction of sp³-hybridized carbons (Fsp3) is 0.381. The minimum Gasteiger partial charge on any atom is -0.452 e. The zero-order valence-electron chi connectivity index (χ0n) is 16.3. The number of fused-ring (bicyclic) bond motifs is 1. The van der Waals surface area contributed by atoms with E-state index in [0.29, 0.717) is 10.6 Å². The molecule has 0 unspecified atom stereocenters. The van der Waals surface area contributed by atoms with Crippen molar-refractivity contribution in [1.29, 1.82) is 0 Å². The average molecular weight is 401 g/mol. The van der Waals surface area contributed by atoms with E-state index < -0.39 is 5.97 Å². The topological polar surface area (TPSA) is 84.5 Å². The van der Waals surface area contributed by atoms with Crippen LogP contribution in [0.15, 0.2) is 24.3 Å². The second-order valence-electron chi connectivity index (χ2n) is 6.96. The molecule has 1 aromatic heterocycles. The highest BCUT2D eigenvalue weighted by Gasteiger charge is 2.24. The first-order chi connectivity index (χ1) is 13.4. The highest BCUT2D eigenvalue weighted by molar-refractivity contribution is 7.16. The van der Waals surface area contributed by atoms with Crippen LogP contribution in [-0.2, 0) is 20.7 Å². The predicted octanol–water partition coefficient (Wildman–Crippen LogP) is 3.67. The summed E-state index contributed by atoms with van der Waals surface area (Å²) in [6.07, 6.45) is 2.89. The zero-order chi connectivity index (χ0) is 20.3. The van der Waals surface area contributed by atoms with Gasteiger partial charge in [-0.15, -0.1) is 11.3 Å². The van der Waals surface area contributed by atoms with Gasteiger partial charge in [0.1, 0.15) is 5.00 Å². The summed E-state index contributed by atoms with van der Waals surface area (Å²) in [5.74, 6) is -1.20. The molecule has 1 atom stereocenters. The van der Waals surface area contributed by atoms with Crippen LogP contribution in [0, 0.1) is 13.8 Å². The highest BCUT2D eigenvalue weighted by atomic mass is 32.1. The average Bonchev–Trinajstić information content (AvgIpc) is 2.93. The monoisotopic (exact) mass is 400 g/mol. The zero-order valence-corrected chi connectivity index (χ0v) is 17.1. The smallest absolute Gasteiger partial charge is 0.341 e. The third-order valence-corrected chi connectivity index (χ3v) is 6.04. The molecule has 2 N–H and O–H groups in total. The van der Waals surface area contributed by atoms with Gasteiger partial charge < -0.3 is 15.4 Å². The van der Waals surface area contributed by atoms with E-state index in [4.69, 9.17) is 4.74 Å². The number of rotatable bonds is 5. The highest BCUT2D eigenvalue weighted by Crippen LogP contribution is 2.33. The van der Waals surface area contributed by atoms with Gasteiger partial charge >= 0.3 is 5.97 Å². The Kier molecular flexibility index (Phi) is 6.14. The molecule has 1 aromatic carbocycles. The van der Waals surface area contributed by atoms with Crippen molar-refractivity contribution in [1.82, 2.24) is 5.32 Å². The minimum absolute atomic E-state index is 0.0591. The molecule has 1 aliphatic rings. The molecule has 0 saturated heterocycles. The number of esters is 1. The summed E-state index contributed by atoms with van der Waals surface area (Å²) >= 11 is 1.32. The first-order valence-corrected chi connectivity index (χ1v) is 10.1. The summed E-state index contributed by atoms with van der Waals surface area (Å²) in [5.41, 5.74) is 3.44. The van der Waals surface area contributed by atoms with Crippen molar-refractivity contribution in [3.05, 3.63) is 51.4 Å². The molecule has 28 heavy (non-hydrogen) atoms.